The van der Waals surface area contributed by atoms with E-state index >= 15 is 0 Å². The van der Waals surface area contributed by atoms with E-state index in [0.29, 0.717) is 26.2 Å². The Morgan fingerprint density at radius 2 is 1.85 bits per heavy atom. The summed E-state index contributed by atoms with van der Waals surface area (Å²) < 4.78 is 20.2. The number of rotatable bonds is 4. The Labute approximate surface area is 193 Å². The first-order chi connectivity index (χ1) is 15.7. The topological polar surface area (TPSA) is 87.7 Å². The quantitative estimate of drug-likeness (QED) is 0.755. The molecule has 2 amide bonds. The van der Waals surface area contributed by atoms with Crippen molar-refractivity contribution >= 4 is 23.4 Å². The van der Waals surface area contributed by atoms with E-state index in [0.717, 1.165) is 24.1 Å². The van der Waals surface area contributed by atoms with Gasteiger partial charge in [-0.25, -0.2) is 9.18 Å². The molecule has 2 aliphatic rings. The second kappa shape index (κ2) is 9.33. The highest BCUT2D eigenvalue weighted by Gasteiger charge is 2.33. The van der Waals surface area contributed by atoms with Crippen LogP contribution in [0.4, 0.5) is 20.6 Å². The van der Waals surface area contributed by atoms with Crippen molar-refractivity contribution in [1.29, 1.82) is 0 Å². The predicted molar refractivity (Wildman–Crippen MR) is 123 cm³/mol. The number of halogens is 1. The average molecular weight is 456 g/mol. The molecule has 33 heavy (non-hydrogen) atoms. The maximum absolute atomic E-state index is 14.8. The summed E-state index contributed by atoms with van der Waals surface area (Å²) in [5, 5.41) is 10.3. The number of carbonyl (C=O) groups excluding carboxylic acids is 2. The number of nitrogens with one attached hydrogen (secondary N) is 1. The minimum Gasteiger partial charge on any atom is -0.444 e. The van der Waals surface area contributed by atoms with Crippen molar-refractivity contribution in [3.8, 4) is 0 Å². The molecule has 8 nitrogen and oxygen atoms in total. The van der Waals surface area contributed by atoms with Crippen molar-refractivity contribution in [3.63, 3.8) is 0 Å². The van der Waals surface area contributed by atoms with Gasteiger partial charge in [-0.1, -0.05) is 6.07 Å². The lowest BCUT2D eigenvalue weighted by Gasteiger charge is -2.39. The molecule has 0 radical (unpaired) electrons. The molecule has 0 aliphatic carbocycles. The molecule has 1 aromatic carbocycles. The van der Waals surface area contributed by atoms with E-state index < -0.39 is 11.4 Å². The number of benzene rings is 1. The van der Waals surface area contributed by atoms with Crippen molar-refractivity contribution in [1.82, 2.24) is 15.1 Å². The number of nitrogens with zero attached hydrogens (tertiary/aromatic N) is 4. The summed E-state index contributed by atoms with van der Waals surface area (Å²) in [7, 11) is 0. The smallest absolute Gasteiger partial charge is 0.410 e. The number of hydrogen-bond donors (Lipinski definition) is 1. The molecule has 9 heteroatoms. The molecular weight excluding hydrogens is 425 g/mol. The molecule has 3 heterocycles. The molecule has 2 fully saturated rings. The minimum absolute atomic E-state index is 0.164. The van der Waals surface area contributed by atoms with Crippen LogP contribution in [-0.2, 0) is 9.53 Å². The fourth-order valence-corrected chi connectivity index (χ4v) is 4.17. The van der Waals surface area contributed by atoms with Crippen LogP contribution in [0.2, 0.25) is 0 Å². The zero-order valence-corrected chi connectivity index (χ0v) is 19.3. The summed E-state index contributed by atoms with van der Waals surface area (Å²) in [6.45, 7) is 7.82. The average Bonchev–Trinajstić information content (AvgIpc) is 2.74. The Morgan fingerprint density at radius 1 is 1.12 bits per heavy atom. The maximum Gasteiger partial charge on any atom is 0.410 e. The number of ether oxygens (including phenoxy) is 1. The first kappa shape index (κ1) is 22.9. The van der Waals surface area contributed by atoms with E-state index in [-0.39, 0.29) is 29.5 Å². The van der Waals surface area contributed by atoms with Crippen LogP contribution >= 0.6 is 0 Å². The van der Waals surface area contributed by atoms with Crippen molar-refractivity contribution in [2.45, 2.75) is 45.1 Å². The van der Waals surface area contributed by atoms with Crippen LogP contribution in [0.5, 0.6) is 0 Å². The first-order valence-electron chi connectivity index (χ1n) is 11.3. The molecule has 4 rings (SSSR count). The Morgan fingerprint density at radius 3 is 2.45 bits per heavy atom. The first-order valence-corrected chi connectivity index (χ1v) is 11.3. The van der Waals surface area contributed by atoms with E-state index in [2.05, 4.69) is 15.5 Å². The Hall–Kier alpha value is -3.23. The summed E-state index contributed by atoms with van der Waals surface area (Å²) >= 11 is 0. The molecule has 0 unspecified atom stereocenters. The molecule has 0 atom stereocenters. The number of likely N-dealkylation sites (tertiary alicyclic amines) is 1. The molecule has 0 saturated carbocycles. The van der Waals surface area contributed by atoms with Crippen molar-refractivity contribution in [2.75, 3.05) is 36.4 Å². The molecule has 1 aromatic heterocycles. The molecule has 2 aliphatic heterocycles. The highest BCUT2D eigenvalue weighted by atomic mass is 19.1. The van der Waals surface area contributed by atoms with E-state index in [9.17, 15) is 14.0 Å². The standard InChI is InChI=1S/C24H30FN5O3/c1-24(2,3)33-23(32)29-10-7-16(8-11-29)17-4-5-21(20(25)12-17)28-22(31)18-14-30(15-18)19-6-9-26-27-13-19/h4-6,9,12-13,16,18H,7-8,10-11,14-15H2,1-3H3,(H,28,31). The molecule has 2 aromatic rings. The van der Waals surface area contributed by atoms with Crippen LogP contribution in [0.1, 0.15) is 45.1 Å². The normalized spacial score (nSPS) is 17.5. The monoisotopic (exact) mass is 455 g/mol. The third kappa shape index (κ3) is 5.58. The van der Waals surface area contributed by atoms with Crippen molar-refractivity contribution < 1.29 is 18.7 Å². The second-order valence-corrected chi connectivity index (χ2v) is 9.67. The number of amides is 2. The van der Waals surface area contributed by atoms with Crippen LogP contribution in [0.25, 0.3) is 0 Å². The van der Waals surface area contributed by atoms with Gasteiger partial charge >= 0.3 is 6.09 Å². The van der Waals surface area contributed by atoms with Crippen LogP contribution in [0.3, 0.4) is 0 Å². The Kier molecular flexibility index (Phi) is 6.49. The summed E-state index contributed by atoms with van der Waals surface area (Å²) in [4.78, 5) is 28.5. The maximum atomic E-state index is 14.8. The third-order valence-corrected chi connectivity index (χ3v) is 6.06. The number of anilines is 2. The van der Waals surface area contributed by atoms with Gasteiger partial charge < -0.3 is 19.9 Å². The van der Waals surface area contributed by atoms with Gasteiger partial charge in [0.1, 0.15) is 11.4 Å². The van der Waals surface area contributed by atoms with E-state index in [1.807, 2.05) is 37.8 Å². The van der Waals surface area contributed by atoms with Gasteiger partial charge in [0.25, 0.3) is 0 Å². The minimum atomic E-state index is -0.522. The lowest BCUT2D eigenvalue weighted by Crippen LogP contribution is -2.52. The SMILES string of the molecule is CC(C)(C)OC(=O)N1CCC(c2ccc(NC(=O)C3CN(c4ccnnc4)C3)c(F)c2)CC1. The van der Waals surface area contributed by atoms with Crippen LogP contribution in [-0.4, -0.2) is 58.9 Å². The van der Waals surface area contributed by atoms with Crippen LogP contribution in [0, 0.1) is 11.7 Å². The number of aromatic nitrogens is 2. The predicted octanol–water partition coefficient (Wildman–Crippen LogP) is 3.81. The lowest BCUT2D eigenvalue weighted by molar-refractivity contribution is -0.120. The van der Waals surface area contributed by atoms with Gasteiger partial charge in [0.2, 0.25) is 5.91 Å². The van der Waals surface area contributed by atoms with E-state index in [1.54, 1.807) is 23.4 Å². The largest absolute Gasteiger partial charge is 0.444 e. The number of carbonyl (C=O) groups is 2. The fourth-order valence-electron chi connectivity index (χ4n) is 4.17. The van der Waals surface area contributed by atoms with Crippen molar-refractivity contribution in [2.24, 2.45) is 5.92 Å². The van der Waals surface area contributed by atoms with Gasteiger partial charge in [0, 0.05) is 26.2 Å². The zero-order chi connectivity index (χ0) is 23.6. The lowest BCUT2D eigenvalue weighted by atomic mass is 9.89. The zero-order valence-electron chi connectivity index (χ0n) is 19.3. The molecule has 0 bridgehead atoms. The molecule has 176 valence electrons. The van der Waals surface area contributed by atoms with Gasteiger partial charge in [-0.05, 0) is 63.3 Å². The molecule has 1 N–H and O–H groups in total. The third-order valence-electron chi connectivity index (χ3n) is 6.06. The Bertz CT molecular complexity index is 997. The van der Waals surface area contributed by atoms with Gasteiger partial charge in [0.05, 0.1) is 29.7 Å². The molecular formula is C24H30FN5O3. The van der Waals surface area contributed by atoms with E-state index in [4.69, 9.17) is 4.74 Å². The highest BCUT2D eigenvalue weighted by molar-refractivity contribution is 5.94. The van der Waals surface area contributed by atoms with Crippen LogP contribution in [0.15, 0.2) is 36.7 Å². The molecule has 2 saturated heterocycles. The summed E-state index contributed by atoms with van der Waals surface area (Å²) in [5.74, 6) is -0.665. The number of piperidine rings is 1. The van der Waals surface area contributed by atoms with Crippen molar-refractivity contribution in [3.05, 3.63) is 48.0 Å². The summed E-state index contributed by atoms with van der Waals surface area (Å²) in [6.07, 6.45) is 4.45. The van der Waals surface area contributed by atoms with Gasteiger partial charge in [-0.2, -0.15) is 10.2 Å². The van der Waals surface area contributed by atoms with Crippen LogP contribution < -0.4 is 10.2 Å². The summed E-state index contributed by atoms with van der Waals surface area (Å²) in [6, 6.07) is 6.84. The van der Waals surface area contributed by atoms with Gasteiger partial charge in [0.15, 0.2) is 0 Å². The fraction of sp³-hybridized carbons (Fsp3) is 0.500. The second-order valence-electron chi connectivity index (χ2n) is 9.67. The highest BCUT2D eigenvalue weighted by Crippen LogP contribution is 2.31. The van der Waals surface area contributed by atoms with E-state index in [1.165, 1.54) is 6.07 Å². The Balaban J connectivity index is 1.28. The molecule has 0 spiro atoms. The van der Waals surface area contributed by atoms with Gasteiger partial charge in [-0.3, -0.25) is 4.79 Å². The van der Waals surface area contributed by atoms with Gasteiger partial charge in [-0.15, -0.1) is 0 Å². The summed E-state index contributed by atoms with van der Waals surface area (Å²) in [5.41, 5.74) is 1.47. The number of hydrogen-bond acceptors (Lipinski definition) is 6.